The van der Waals surface area contributed by atoms with E-state index in [1.807, 2.05) is 24.3 Å². The van der Waals surface area contributed by atoms with Crippen LogP contribution in [0.25, 0.3) is 0 Å². The first-order valence-electron chi connectivity index (χ1n) is 6.73. The molecule has 1 N–H and O–H groups in total. The van der Waals surface area contributed by atoms with E-state index >= 15 is 0 Å². The van der Waals surface area contributed by atoms with Gasteiger partial charge < -0.3 is 10.0 Å². The second kappa shape index (κ2) is 4.39. The Balaban J connectivity index is 1.99. The van der Waals surface area contributed by atoms with Crippen LogP contribution >= 0.6 is 0 Å². The monoisotopic (exact) mass is 245 g/mol. The molecule has 2 atom stereocenters. The number of ketones is 1. The van der Waals surface area contributed by atoms with E-state index < -0.39 is 0 Å². The molecule has 0 aromatic heterocycles. The first kappa shape index (κ1) is 11.7. The van der Waals surface area contributed by atoms with Gasteiger partial charge in [-0.05, 0) is 44.7 Å². The molecule has 2 bridgehead atoms. The van der Waals surface area contributed by atoms with E-state index in [4.69, 9.17) is 0 Å². The van der Waals surface area contributed by atoms with E-state index in [-0.39, 0.29) is 11.9 Å². The predicted molar refractivity (Wildman–Crippen MR) is 71.0 cm³/mol. The summed E-state index contributed by atoms with van der Waals surface area (Å²) in [6.07, 6.45) is 3.77. The quantitative estimate of drug-likeness (QED) is 0.813. The van der Waals surface area contributed by atoms with Crippen LogP contribution in [0.5, 0.6) is 0 Å². The van der Waals surface area contributed by atoms with Gasteiger partial charge in [-0.1, -0.05) is 12.1 Å². The molecule has 0 aliphatic carbocycles. The zero-order valence-electron chi connectivity index (χ0n) is 10.7. The van der Waals surface area contributed by atoms with Gasteiger partial charge >= 0.3 is 0 Å². The number of aliphatic hydroxyl groups excluding tert-OH is 1. The van der Waals surface area contributed by atoms with Gasteiger partial charge in [0.1, 0.15) is 0 Å². The number of benzene rings is 1. The summed E-state index contributed by atoms with van der Waals surface area (Å²) in [4.78, 5) is 14.1. The number of hydrogen-bond donors (Lipinski definition) is 1. The second-order valence-corrected chi connectivity index (χ2v) is 5.49. The number of rotatable bonds is 2. The van der Waals surface area contributed by atoms with Crippen LogP contribution < -0.4 is 4.90 Å². The van der Waals surface area contributed by atoms with Crippen molar-refractivity contribution in [1.82, 2.24) is 0 Å². The van der Waals surface area contributed by atoms with Gasteiger partial charge in [0.15, 0.2) is 5.78 Å². The lowest BCUT2D eigenvalue weighted by molar-refractivity contribution is 0.101. The van der Waals surface area contributed by atoms with E-state index in [2.05, 4.69) is 4.90 Å². The number of anilines is 1. The van der Waals surface area contributed by atoms with Crippen LogP contribution in [-0.2, 0) is 0 Å². The Kier molecular flexibility index (Phi) is 2.86. The number of carbonyl (C=O) groups excluding carboxylic acids is 1. The van der Waals surface area contributed by atoms with Crippen molar-refractivity contribution in [3.05, 3.63) is 29.8 Å². The van der Waals surface area contributed by atoms with Gasteiger partial charge in [-0.2, -0.15) is 0 Å². The minimum Gasteiger partial charge on any atom is -0.393 e. The largest absolute Gasteiger partial charge is 0.393 e. The van der Waals surface area contributed by atoms with E-state index in [0.717, 1.165) is 36.9 Å². The Hall–Kier alpha value is -1.35. The molecular weight excluding hydrogens is 226 g/mol. The second-order valence-electron chi connectivity index (χ2n) is 5.49. The summed E-state index contributed by atoms with van der Waals surface area (Å²) in [7, 11) is 0. The van der Waals surface area contributed by atoms with Gasteiger partial charge in [-0.25, -0.2) is 0 Å². The highest BCUT2D eigenvalue weighted by Crippen LogP contribution is 2.40. The van der Waals surface area contributed by atoms with Crippen molar-refractivity contribution in [2.45, 2.75) is 50.8 Å². The van der Waals surface area contributed by atoms with Crippen molar-refractivity contribution in [3.63, 3.8) is 0 Å². The summed E-state index contributed by atoms with van der Waals surface area (Å²) >= 11 is 0. The summed E-state index contributed by atoms with van der Waals surface area (Å²) in [5, 5.41) is 9.84. The normalized spacial score (nSPS) is 30.6. The molecule has 0 spiro atoms. The SMILES string of the molecule is CC(=O)c1ccccc1N1C2CCC1CC(O)C2. The lowest BCUT2D eigenvalue weighted by atomic mass is 9.97. The summed E-state index contributed by atoms with van der Waals surface area (Å²) in [5.74, 6) is 0.121. The predicted octanol–water partition coefficient (Wildman–Crippen LogP) is 2.38. The summed E-state index contributed by atoms with van der Waals surface area (Å²) in [5.41, 5.74) is 1.87. The van der Waals surface area contributed by atoms with Crippen LogP contribution in [-0.4, -0.2) is 29.1 Å². The molecule has 2 unspecified atom stereocenters. The first-order valence-corrected chi connectivity index (χ1v) is 6.73. The molecule has 2 saturated heterocycles. The molecule has 18 heavy (non-hydrogen) atoms. The standard InChI is InChI=1S/C15H19NO2/c1-10(17)14-4-2-3-5-15(14)16-11-6-7-12(16)9-13(18)8-11/h2-5,11-13,18H,6-9H2,1H3. The van der Waals surface area contributed by atoms with E-state index in [0.29, 0.717) is 12.1 Å². The zero-order chi connectivity index (χ0) is 12.7. The summed E-state index contributed by atoms with van der Waals surface area (Å²) in [6.45, 7) is 1.62. The van der Waals surface area contributed by atoms with E-state index in [1.54, 1.807) is 6.92 Å². The van der Waals surface area contributed by atoms with Crippen LogP contribution in [0.1, 0.15) is 43.0 Å². The van der Waals surface area contributed by atoms with Gasteiger partial charge in [0.05, 0.1) is 6.10 Å². The summed E-state index contributed by atoms with van der Waals surface area (Å²) < 4.78 is 0. The zero-order valence-corrected chi connectivity index (χ0v) is 10.7. The average molecular weight is 245 g/mol. The molecule has 0 saturated carbocycles. The van der Waals surface area contributed by atoms with Gasteiger partial charge in [-0.3, -0.25) is 4.79 Å². The maximum absolute atomic E-state index is 11.7. The maximum atomic E-state index is 11.7. The average Bonchev–Trinajstić information content (AvgIpc) is 2.61. The number of Topliss-reactive ketones (excluding diaryl/α,β-unsaturated/α-hetero) is 1. The highest BCUT2D eigenvalue weighted by Gasteiger charge is 2.40. The highest BCUT2D eigenvalue weighted by atomic mass is 16.3. The van der Waals surface area contributed by atoms with Crippen molar-refractivity contribution in [1.29, 1.82) is 0 Å². The van der Waals surface area contributed by atoms with Crippen molar-refractivity contribution in [3.8, 4) is 0 Å². The Morgan fingerprint density at radius 3 is 2.44 bits per heavy atom. The Bertz CT molecular complexity index is 457. The molecule has 0 amide bonds. The third-order valence-electron chi connectivity index (χ3n) is 4.27. The molecule has 2 fully saturated rings. The third-order valence-corrected chi connectivity index (χ3v) is 4.27. The molecule has 96 valence electrons. The molecule has 3 heteroatoms. The molecule has 3 nitrogen and oxygen atoms in total. The van der Waals surface area contributed by atoms with E-state index in [9.17, 15) is 9.90 Å². The minimum atomic E-state index is -0.164. The maximum Gasteiger partial charge on any atom is 0.161 e. The molecule has 2 aliphatic rings. The van der Waals surface area contributed by atoms with Crippen LogP contribution in [0.3, 0.4) is 0 Å². The Morgan fingerprint density at radius 2 is 1.83 bits per heavy atom. The van der Waals surface area contributed by atoms with Gasteiger partial charge in [0, 0.05) is 23.3 Å². The molecule has 1 aromatic carbocycles. The fourth-order valence-corrected chi connectivity index (χ4v) is 3.54. The van der Waals surface area contributed by atoms with Crippen LogP contribution in [0, 0.1) is 0 Å². The topological polar surface area (TPSA) is 40.5 Å². The van der Waals surface area contributed by atoms with Crippen LogP contribution in [0.2, 0.25) is 0 Å². The molecule has 2 aliphatic heterocycles. The number of fused-ring (bicyclic) bond motifs is 2. The molecule has 1 aromatic rings. The van der Waals surface area contributed by atoms with Gasteiger partial charge in [-0.15, -0.1) is 0 Å². The Morgan fingerprint density at radius 1 is 1.22 bits per heavy atom. The first-order chi connectivity index (χ1) is 8.66. The lowest BCUT2D eigenvalue weighted by Gasteiger charge is -2.39. The van der Waals surface area contributed by atoms with Crippen molar-refractivity contribution in [2.24, 2.45) is 0 Å². The van der Waals surface area contributed by atoms with E-state index in [1.165, 1.54) is 0 Å². The number of para-hydroxylation sites is 1. The molecule has 3 rings (SSSR count). The van der Waals surface area contributed by atoms with Crippen LogP contribution in [0.4, 0.5) is 5.69 Å². The number of nitrogens with zero attached hydrogens (tertiary/aromatic N) is 1. The number of carbonyl (C=O) groups is 1. The number of aliphatic hydroxyl groups is 1. The minimum absolute atomic E-state index is 0.121. The molecule has 2 heterocycles. The number of piperidine rings is 1. The fraction of sp³-hybridized carbons (Fsp3) is 0.533. The fourth-order valence-electron chi connectivity index (χ4n) is 3.54. The van der Waals surface area contributed by atoms with Crippen molar-refractivity contribution in [2.75, 3.05) is 4.90 Å². The van der Waals surface area contributed by atoms with Crippen molar-refractivity contribution >= 4 is 11.5 Å². The number of hydrogen-bond acceptors (Lipinski definition) is 3. The van der Waals surface area contributed by atoms with Crippen molar-refractivity contribution < 1.29 is 9.90 Å². The highest BCUT2D eigenvalue weighted by molar-refractivity contribution is 5.99. The smallest absolute Gasteiger partial charge is 0.161 e. The third kappa shape index (κ3) is 1.83. The van der Waals surface area contributed by atoms with Crippen LogP contribution in [0.15, 0.2) is 24.3 Å². The van der Waals surface area contributed by atoms with Gasteiger partial charge in [0.25, 0.3) is 0 Å². The van der Waals surface area contributed by atoms with Gasteiger partial charge in [0.2, 0.25) is 0 Å². The summed E-state index contributed by atoms with van der Waals surface area (Å²) in [6, 6.07) is 8.66. The lowest BCUT2D eigenvalue weighted by Crippen LogP contribution is -2.45. The molecular formula is C15H19NO2. The Labute approximate surface area is 107 Å². The molecule has 0 radical (unpaired) electrons.